The van der Waals surface area contributed by atoms with E-state index in [4.69, 9.17) is 0 Å². The van der Waals surface area contributed by atoms with E-state index >= 15 is 0 Å². The quantitative estimate of drug-likeness (QED) is 0.649. The van der Waals surface area contributed by atoms with Crippen LogP contribution >= 0.6 is 11.3 Å². The topological polar surface area (TPSA) is 41.5 Å². The van der Waals surface area contributed by atoms with E-state index in [-0.39, 0.29) is 5.91 Å². The molecule has 2 aliphatic carbocycles. The summed E-state index contributed by atoms with van der Waals surface area (Å²) in [6.07, 6.45) is 5.38. The van der Waals surface area contributed by atoms with Crippen LogP contribution in [-0.4, -0.2) is 11.6 Å². The van der Waals surface area contributed by atoms with Crippen molar-refractivity contribution in [1.82, 2.24) is 5.43 Å². The van der Waals surface area contributed by atoms with Gasteiger partial charge >= 0.3 is 0 Å². The highest BCUT2D eigenvalue weighted by Gasteiger charge is 2.40. The number of rotatable bonds is 4. The van der Waals surface area contributed by atoms with Crippen molar-refractivity contribution >= 4 is 23.0 Å². The molecule has 2 bridgehead atoms. The van der Waals surface area contributed by atoms with Crippen molar-refractivity contribution in [3.63, 3.8) is 0 Å². The van der Waals surface area contributed by atoms with Crippen molar-refractivity contribution in [3.05, 3.63) is 21.9 Å². The molecule has 3 nitrogen and oxygen atoms in total. The van der Waals surface area contributed by atoms with Crippen molar-refractivity contribution in [1.29, 1.82) is 0 Å². The van der Waals surface area contributed by atoms with E-state index in [2.05, 4.69) is 31.3 Å². The van der Waals surface area contributed by atoms with Gasteiger partial charge in [0.1, 0.15) is 0 Å². The highest BCUT2D eigenvalue weighted by Crippen LogP contribution is 2.48. The van der Waals surface area contributed by atoms with Gasteiger partial charge < -0.3 is 0 Å². The standard InChI is InChI=1S/C17H24N2OS/c1-10(2)16-8-14(9-21-16)17(20)19-18-11(3)15-7-12-4-5-13(15)6-12/h8-10,12-13,15H,4-7H2,1-3H3,(H,19,20)/b18-11-. The molecule has 0 aliphatic heterocycles. The Hall–Kier alpha value is -1.16. The Morgan fingerprint density at radius 1 is 1.38 bits per heavy atom. The van der Waals surface area contributed by atoms with Gasteiger partial charge in [0.15, 0.2) is 0 Å². The molecule has 3 unspecified atom stereocenters. The van der Waals surface area contributed by atoms with Crippen molar-refractivity contribution in [2.24, 2.45) is 22.9 Å². The monoisotopic (exact) mass is 304 g/mol. The van der Waals surface area contributed by atoms with Crippen LogP contribution in [-0.2, 0) is 0 Å². The number of fused-ring (bicyclic) bond motifs is 2. The van der Waals surface area contributed by atoms with Gasteiger partial charge in [0.25, 0.3) is 5.91 Å². The lowest BCUT2D eigenvalue weighted by molar-refractivity contribution is 0.0955. The summed E-state index contributed by atoms with van der Waals surface area (Å²) in [5.74, 6) is 2.70. The predicted molar refractivity (Wildman–Crippen MR) is 87.9 cm³/mol. The minimum Gasteiger partial charge on any atom is -0.267 e. The van der Waals surface area contributed by atoms with Crippen LogP contribution < -0.4 is 5.43 Å². The van der Waals surface area contributed by atoms with E-state index in [1.165, 1.54) is 30.6 Å². The molecule has 4 heteroatoms. The molecule has 1 amide bonds. The average molecular weight is 304 g/mol. The van der Waals surface area contributed by atoms with Crippen molar-refractivity contribution in [3.8, 4) is 0 Å². The molecule has 3 atom stereocenters. The number of thiophene rings is 1. The summed E-state index contributed by atoms with van der Waals surface area (Å²) in [6.45, 7) is 6.36. The van der Waals surface area contributed by atoms with E-state index in [1.807, 2.05) is 11.4 Å². The van der Waals surface area contributed by atoms with Gasteiger partial charge in [-0.15, -0.1) is 11.3 Å². The van der Waals surface area contributed by atoms with Gasteiger partial charge in [-0.1, -0.05) is 20.3 Å². The zero-order valence-corrected chi connectivity index (χ0v) is 13.9. The largest absolute Gasteiger partial charge is 0.272 e. The first kappa shape index (κ1) is 14.8. The van der Waals surface area contributed by atoms with Gasteiger partial charge in [0.2, 0.25) is 0 Å². The Labute approximate surface area is 130 Å². The van der Waals surface area contributed by atoms with Crippen LogP contribution in [0.1, 0.15) is 67.6 Å². The minimum atomic E-state index is -0.0827. The fourth-order valence-corrected chi connectivity index (χ4v) is 4.72. The average Bonchev–Trinajstić information content (AvgIpc) is 3.18. The van der Waals surface area contributed by atoms with E-state index < -0.39 is 0 Å². The van der Waals surface area contributed by atoms with Gasteiger partial charge in [-0.05, 0) is 50.0 Å². The van der Waals surface area contributed by atoms with Crippen LogP contribution in [0.15, 0.2) is 16.5 Å². The summed E-state index contributed by atoms with van der Waals surface area (Å²) in [5, 5.41) is 6.30. The second-order valence-corrected chi connectivity index (χ2v) is 7.81. The molecule has 1 aromatic heterocycles. The number of hydrogen-bond donors (Lipinski definition) is 1. The molecule has 0 radical (unpaired) electrons. The predicted octanol–water partition coefficient (Wildman–Crippen LogP) is 4.41. The van der Waals surface area contributed by atoms with E-state index in [1.54, 1.807) is 11.3 Å². The number of hydrogen-bond acceptors (Lipinski definition) is 3. The molecular formula is C17H24N2OS. The maximum atomic E-state index is 12.1. The molecule has 2 aliphatic rings. The summed E-state index contributed by atoms with van der Waals surface area (Å²) in [5.41, 5.74) is 4.58. The SMILES string of the molecule is C/C(=N/NC(=O)c1csc(C(C)C)c1)C1CC2CCC1C2. The van der Waals surface area contributed by atoms with Crippen molar-refractivity contribution < 1.29 is 4.79 Å². The Kier molecular flexibility index (Phi) is 4.16. The first-order valence-corrected chi connectivity index (χ1v) is 8.85. The number of nitrogens with zero attached hydrogens (tertiary/aromatic N) is 1. The van der Waals surface area contributed by atoms with Crippen LogP contribution in [0.4, 0.5) is 0 Å². The summed E-state index contributed by atoms with van der Waals surface area (Å²) >= 11 is 1.65. The van der Waals surface area contributed by atoms with Gasteiger partial charge in [-0.25, -0.2) is 5.43 Å². The summed E-state index contributed by atoms with van der Waals surface area (Å²) < 4.78 is 0. The third-order valence-electron chi connectivity index (χ3n) is 5.06. The molecule has 1 N–H and O–H groups in total. The third-order valence-corrected chi connectivity index (χ3v) is 6.29. The molecule has 114 valence electrons. The lowest BCUT2D eigenvalue weighted by atomic mass is 9.86. The lowest BCUT2D eigenvalue weighted by Gasteiger charge is -2.21. The normalized spacial score (nSPS) is 28.4. The number of amides is 1. The second kappa shape index (κ2) is 5.91. The van der Waals surface area contributed by atoms with E-state index in [0.29, 0.717) is 11.8 Å². The van der Waals surface area contributed by atoms with Crippen LogP contribution in [0.5, 0.6) is 0 Å². The van der Waals surface area contributed by atoms with E-state index in [0.717, 1.165) is 23.1 Å². The molecule has 1 heterocycles. The maximum Gasteiger partial charge on any atom is 0.272 e. The number of carbonyl (C=O) groups excluding carboxylic acids is 1. The van der Waals surface area contributed by atoms with Crippen LogP contribution in [0.3, 0.4) is 0 Å². The first-order valence-electron chi connectivity index (χ1n) is 7.97. The van der Waals surface area contributed by atoms with Crippen LogP contribution in [0.2, 0.25) is 0 Å². The Balaban J connectivity index is 1.60. The summed E-state index contributed by atoms with van der Waals surface area (Å²) in [6, 6.07) is 1.98. The summed E-state index contributed by atoms with van der Waals surface area (Å²) in [4.78, 5) is 13.4. The fourth-order valence-electron chi connectivity index (χ4n) is 3.82. The molecule has 21 heavy (non-hydrogen) atoms. The van der Waals surface area contributed by atoms with E-state index in [9.17, 15) is 4.79 Å². The first-order chi connectivity index (χ1) is 10.0. The molecular weight excluding hydrogens is 280 g/mol. The minimum absolute atomic E-state index is 0.0827. The molecule has 0 aromatic carbocycles. The highest BCUT2D eigenvalue weighted by atomic mass is 32.1. The van der Waals surface area contributed by atoms with Crippen LogP contribution in [0.25, 0.3) is 0 Å². The van der Waals surface area contributed by atoms with Gasteiger partial charge in [0, 0.05) is 21.9 Å². The Bertz CT molecular complexity index is 561. The Morgan fingerprint density at radius 3 is 2.76 bits per heavy atom. The highest BCUT2D eigenvalue weighted by molar-refractivity contribution is 7.10. The molecule has 0 spiro atoms. The zero-order valence-electron chi connectivity index (χ0n) is 13.1. The second-order valence-electron chi connectivity index (χ2n) is 6.87. The molecule has 2 fully saturated rings. The molecule has 1 aromatic rings. The van der Waals surface area contributed by atoms with Crippen LogP contribution in [0, 0.1) is 17.8 Å². The lowest BCUT2D eigenvalue weighted by Crippen LogP contribution is -2.24. The van der Waals surface area contributed by atoms with Gasteiger partial charge in [-0.2, -0.15) is 5.10 Å². The molecule has 2 saturated carbocycles. The molecule has 3 rings (SSSR count). The number of carbonyl (C=O) groups is 1. The molecule has 0 saturated heterocycles. The summed E-state index contributed by atoms with van der Waals surface area (Å²) in [7, 11) is 0. The Morgan fingerprint density at radius 2 is 2.19 bits per heavy atom. The van der Waals surface area contributed by atoms with Gasteiger partial charge in [-0.3, -0.25) is 4.79 Å². The van der Waals surface area contributed by atoms with Gasteiger partial charge in [0.05, 0.1) is 5.56 Å². The van der Waals surface area contributed by atoms with Crippen molar-refractivity contribution in [2.45, 2.75) is 52.4 Å². The number of hydrazone groups is 1. The van der Waals surface area contributed by atoms with Crippen molar-refractivity contribution in [2.75, 3.05) is 0 Å². The fraction of sp³-hybridized carbons (Fsp3) is 0.647. The maximum absolute atomic E-state index is 12.1. The smallest absolute Gasteiger partial charge is 0.267 e. The number of nitrogens with one attached hydrogen (secondary N) is 1. The third kappa shape index (κ3) is 3.05. The zero-order chi connectivity index (χ0) is 15.0.